The van der Waals surface area contributed by atoms with E-state index < -0.39 is 0 Å². The summed E-state index contributed by atoms with van der Waals surface area (Å²) in [6, 6.07) is 1.78. The lowest BCUT2D eigenvalue weighted by Gasteiger charge is -2.09. The summed E-state index contributed by atoms with van der Waals surface area (Å²) < 4.78 is 10.6. The van der Waals surface area contributed by atoms with Crippen LogP contribution in [0.2, 0.25) is 0 Å². The molecule has 1 heterocycles. The van der Waals surface area contributed by atoms with Gasteiger partial charge in [-0.25, -0.2) is 4.98 Å². The molecule has 1 aromatic heterocycles. The highest BCUT2D eigenvalue weighted by Crippen LogP contribution is 2.12. The Morgan fingerprint density at radius 1 is 1.28 bits per heavy atom. The number of nitrogens with zero attached hydrogens (tertiary/aromatic N) is 2. The van der Waals surface area contributed by atoms with Crippen LogP contribution in [-0.2, 0) is 4.74 Å². The molecule has 0 aliphatic rings. The lowest BCUT2D eigenvalue weighted by Crippen LogP contribution is -2.12. The molecule has 0 aliphatic carbocycles. The van der Waals surface area contributed by atoms with E-state index >= 15 is 0 Å². The average Bonchev–Trinajstić information content (AvgIpc) is 2.32. The van der Waals surface area contributed by atoms with Crippen molar-refractivity contribution >= 4 is 5.82 Å². The van der Waals surface area contributed by atoms with Gasteiger partial charge in [0.15, 0.2) is 0 Å². The summed E-state index contributed by atoms with van der Waals surface area (Å²) in [5.41, 5.74) is 0. The summed E-state index contributed by atoms with van der Waals surface area (Å²) >= 11 is 0. The van der Waals surface area contributed by atoms with Crippen molar-refractivity contribution in [1.29, 1.82) is 0 Å². The van der Waals surface area contributed by atoms with E-state index in [1.165, 1.54) is 0 Å². The standard InChI is InChI=1S/C13H23N3O2/c1-10(2)5-7-18-8-6-14-12-9-13(17-4)16-11(3)15-12/h9-10H,5-8H2,1-4H3,(H,14,15,16). The number of anilines is 1. The topological polar surface area (TPSA) is 56.3 Å². The maximum atomic E-state index is 5.52. The summed E-state index contributed by atoms with van der Waals surface area (Å²) in [4.78, 5) is 8.39. The molecule has 1 aromatic rings. The van der Waals surface area contributed by atoms with E-state index in [-0.39, 0.29) is 0 Å². The Kier molecular flexibility index (Phi) is 6.43. The first-order valence-corrected chi connectivity index (χ1v) is 6.33. The van der Waals surface area contributed by atoms with E-state index in [1.54, 1.807) is 13.2 Å². The maximum absolute atomic E-state index is 5.52. The van der Waals surface area contributed by atoms with Crippen molar-refractivity contribution in [2.24, 2.45) is 5.92 Å². The maximum Gasteiger partial charge on any atom is 0.218 e. The molecule has 5 heteroatoms. The normalized spacial score (nSPS) is 10.7. The summed E-state index contributed by atoms with van der Waals surface area (Å²) in [6.45, 7) is 8.45. The number of methoxy groups -OCH3 is 1. The molecule has 0 aromatic carbocycles. The Morgan fingerprint density at radius 2 is 2.06 bits per heavy atom. The van der Waals surface area contributed by atoms with Crippen LogP contribution < -0.4 is 10.1 Å². The van der Waals surface area contributed by atoms with Crippen LogP contribution in [0.5, 0.6) is 5.88 Å². The Hall–Kier alpha value is -1.36. The smallest absolute Gasteiger partial charge is 0.218 e. The Bertz CT molecular complexity index is 356. The largest absolute Gasteiger partial charge is 0.481 e. The van der Waals surface area contributed by atoms with Crippen molar-refractivity contribution in [1.82, 2.24) is 9.97 Å². The minimum atomic E-state index is 0.575. The molecule has 0 saturated heterocycles. The van der Waals surface area contributed by atoms with Crippen LogP contribution >= 0.6 is 0 Å². The molecule has 102 valence electrons. The van der Waals surface area contributed by atoms with E-state index in [1.807, 2.05) is 6.92 Å². The molecule has 0 fully saturated rings. The fraction of sp³-hybridized carbons (Fsp3) is 0.692. The minimum absolute atomic E-state index is 0.575. The summed E-state index contributed by atoms with van der Waals surface area (Å²) in [7, 11) is 1.60. The van der Waals surface area contributed by atoms with Crippen molar-refractivity contribution in [3.05, 3.63) is 11.9 Å². The first-order valence-electron chi connectivity index (χ1n) is 6.33. The highest BCUT2D eigenvalue weighted by Gasteiger charge is 2.01. The second-order valence-corrected chi connectivity index (χ2v) is 4.56. The van der Waals surface area contributed by atoms with Gasteiger partial charge in [0.25, 0.3) is 0 Å². The molecule has 0 radical (unpaired) electrons. The molecule has 0 aliphatic heterocycles. The van der Waals surface area contributed by atoms with Gasteiger partial charge in [-0.1, -0.05) is 13.8 Å². The number of hydrogen-bond acceptors (Lipinski definition) is 5. The molecule has 0 amide bonds. The molecule has 5 nitrogen and oxygen atoms in total. The highest BCUT2D eigenvalue weighted by atomic mass is 16.5. The zero-order valence-corrected chi connectivity index (χ0v) is 11.7. The number of hydrogen-bond donors (Lipinski definition) is 1. The van der Waals surface area contributed by atoms with Crippen LogP contribution in [0.15, 0.2) is 6.07 Å². The second-order valence-electron chi connectivity index (χ2n) is 4.56. The van der Waals surface area contributed by atoms with Crippen molar-refractivity contribution < 1.29 is 9.47 Å². The van der Waals surface area contributed by atoms with Gasteiger partial charge in [-0.15, -0.1) is 0 Å². The summed E-state index contributed by atoms with van der Waals surface area (Å²) in [6.07, 6.45) is 1.10. The third-order valence-electron chi connectivity index (χ3n) is 2.42. The van der Waals surface area contributed by atoms with E-state index in [0.29, 0.717) is 24.2 Å². The van der Waals surface area contributed by atoms with Gasteiger partial charge in [0, 0.05) is 19.2 Å². The van der Waals surface area contributed by atoms with E-state index in [0.717, 1.165) is 25.4 Å². The van der Waals surface area contributed by atoms with Gasteiger partial charge in [-0.3, -0.25) is 0 Å². The Labute approximate surface area is 109 Å². The first kappa shape index (κ1) is 14.7. The number of ether oxygens (including phenoxy) is 2. The first-order chi connectivity index (χ1) is 8.61. The summed E-state index contributed by atoms with van der Waals surface area (Å²) in [5.74, 6) is 2.72. The molecular formula is C13H23N3O2. The fourth-order valence-electron chi connectivity index (χ4n) is 1.41. The van der Waals surface area contributed by atoms with Crippen LogP contribution in [0, 0.1) is 12.8 Å². The van der Waals surface area contributed by atoms with Gasteiger partial charge < -0.3 is 14.8 Å². The van der Waals surface area contributed by atoms with Crippen LogP contribution in [0.1, 0.15) is 26.1 Å². The van der Waals surface area contributed by atoms with Gasteiger partial charge in [0.1, 0.15) is 11.6 Å². The molecule has 1 N–H and O–H groups in total. The lowest BCUT2D eigenvalue weighted by molar-refractivity contribution is 0.132. The highest BCUT2D eigenvalue weighted by molar-refractivity contribution is 5.38. The Morgan fingerprint density at radius 3 is 2.72 bits per heavy atom. The Balaban J connectivity index is 2.24. The monoisotopic (exact) mass is 253 g/mol. The number of rotatable bonds is 8. The van der Waals surface area contributed by atoms with Crippen molar-refractivity contribution in [2.45, 2.75) is 27.2 Å². The van der Waals surface area contributed by atoms with E-state index in [4.69, 9.17) is 9.47 Å². The van der Waals surface area contributed by atoms with Crippen LogP contribution in [0.4, 0.5) is 5.82 Å². The second kappa shape index (κ2) is 7.87. The minimum Gasteiger partial charge on any atom is -0.481 e. The molecular weight excluding hydrogens is 230 g/mol. The quantitative estimate of drug-likeness (QED) is 0.720. The molecule has 18 heavy (non-hydrogen) atoms. The van der Waals surface area contributed by atoms with Crippen LogP contribution in [0.25, 0.3) is 0 Å². The number of aryl methyl sites for hydroxylation is 1. The molecule has 1 rings (SSSR count). The van der Waals surface area contributed by atoms with Crippen LogP contribution in [-0.4, -0.2) is 36.8 Å². The lowest BCUT2D eigenvalue weighted by atomic mass is 10.1. The predicted molar refractivity (Wildman–Crippen MR) is 72.1 cm³/mol. The van der Waals surface area contributed by atoms with Crippen molar-refractivity contribution in [3.63, 3.8) is 0 Å². The predicted octanol–water partition coefficient (Wildman–Crippen LogP) is 2.27. The third kappa shape index (κ3) is 5.82. The fourth-order valence-corrected chi connectivity index (χ4v) is 1.41. The van der Waals surface area contributed by atoms with Gasteiger partial charge in [0.05, 0.1) is 13.7 Å². The van der Waals surface area contributed by atoms with Gasteiger partial charge in [0.2, 0.25) is 5.88 Å². The van der Waals surface area contributed by atoms with Crippen molar-refractivity contribution in [2.75, 3.05) is 32.2 Å². The molecule has 0 saturated carbocycles. The number of aromatic nitrogens is 2. The van der Waals surface area contributed by atoms with Gasteiger partial charge >= 0.3 is 0 Å². The van der Waals surface area contributed by atoms with E-state index in [9.17, 15) is 0 Å². The molecule has 0 bridgehead atoms. The average molecular weight is 253 g/mol. The van der Waals surface area contributed by atoms with Crippen molar-refractivity contribution in [3.8, 4) is 5.88 Å². The van der Waals surface area contributed by atoms with E-state index in [2.05, 4.69) is 29.1 Å². The van der Waals surface area contributed by atoms with Gasteiger partial charge in [-0.2, -0.15) is 4.98 Å². The molecule has 0 atom stereocenters. The van der Waals surface area contributed by atoms with Gasteiger partial charge in [-0.05, 0) is 19.3 Å². The zero-order chi connectivity index (χ0) is 13.4. The van der Waals surface area contributed by atoms with Crippen LogP contribution in [0.3, 0.4) is 0 Å². The SMILES string of the molecule is COc1cc(NCCOCCC(C)C)nc(C)n1. The number of nitrogens with one attached hydrogen (secondary N) is 1. The molecule has 0 spiro atoms. The molecule has 0 unspecified atom stereocenters. The summed E-state index contributed by atoms with van der Waals surface area (Å²) in [5, 5.41) is 3.19. The third-order valence-corrected chi connectivity index (χ3v) is 2.42. The zero-order valence-electron chi connectivity index (χ0n) is 11.7.